The third-order valence-electron chi connectivity index (χ3n) is 6.82. The fraction of sp³-hybridized carbons (Fsp3) is 0.207. The third kappa shape index (κ3) is 3.17. The third-order valence-corrected chi connectivity index (χ3v) is 6.82. The number of carbonyl (C=O) groups excluding carboxylic acids is 1. The van der Waals surface area contributed by atoms with Gasteiger partial charge in [0.15, 0.2) is 11.2 Å². The van der Waals surface area contributed by atoms with Crippen LogP contribution in [-0.4, -0.2) is 23.3 Å². The van der Waals surface area contributed by atoms with Gasteiger partial charge in [0.25, 0.3) is 0 Å². The zero-order chi connectivity index (χ0) is 23.7. The van der Waals surface area contributed by atoms with Crippen molar-refractivity contribution in [1.29, 1.82) is 10.5 Å². The average molecular weight is 446 g/mol. The van der Waals surface area contributed by atoms with Crippen LogP contribution >= 0.6 is 0 Å². The van der Waals surface area contributed by atoms with Gasteiger partial charge in [0.1, 0.15) is 11.8 Å². The van der Waals surface area contributed by atoms with Gasteiger partial charge >= 0.3 is 0 Å². The highest BCUT2D eigenvalue weighted by atomic mass is 16.5. The van der Waals surface area contributed by atoms with E-state index in [9.17, 15) is 15.3 Å². The van der Waals surface area contributed by atoms with Gasteiger partial charge in [-0.05, 0) is 41.8 Å². The number of rotatable bonds is 5. The summed E-state index contributed by atoms with van der Waals surface area (Å²) in [6.45, 7) is 2.45. The van der Waals surface area contributed by atoms with Crippen LogP contribution in [0.4, 0.5) is 0 Å². The van der Waals surface area contributed by atoms with Crippen LogP contribution in [-0.2, 0) is 0 Å². The molecule has 0 radical (unpaired) electrons. The molecule has 0 spiro atoms. The van der Waals surface area contributed by atoms with Gasteiger partial charge in [0.05, 0.1) is 24.8 Å². The van der Waals surface area contributed by atoms with E-state index in [4.69, 9.17) is 4.74 Å². The minimum absolute atomic E-state index is 0.110. The zero-order valence-corrected chi connectivity index (χ0v) is 18.8. The van der Waals surface area contributed by atoms with Crippen LogP contribution in [0.5, 0.6) is 5.75 Å². The summed E-state index contributed by atoms with van der Waals surface area (Å²) in [5.41, 5.74) is 1.69. The molecule has 34 heavy (non-hydrogen) atoms. The van der Waals surface area contributed by atoms with Crippen molar-refractivity contribution in [2.24, 2.45) is 5.41 Å². The van der Waals surface area contributed by atoms with Gasteiger partial charge in [0.2, 0.25) is 0 Å². The van der Waals surface area contributed by atoms with Gasteiger partial charge < -0.3 is 9.64 Å². The number of nitrogens with zero attached hydrogens (tertiary/aromatic N) is 3. The topological polar surface area (TPSA) is 77.1 Å². The Balaban J connectivity index is 1.73. The van der Waals surface area contributed by atoms with E-state index in [-0.39, 0.29) is 5.78 Å². The van der Waals surface area contributed by atoms with E-state index < -0.39 is 23.4 Å². The summed E-state index contributed by atoms with van der Waals surface area (Å²) in [6.07, 6.45) is 3.83. The second-order valence-corrected chi connectivity index (χ2v) is 8.54. The number of hydrogen-bond donors (Lipinski definition) is 0. The Bertz CT molecular complexity index is 1320. The lowest BCUT2D eigenvalue weighted by Crippen LogP contribution is -2.37. The van der Waals surface area contributed by atoms with Crippen molar-refractivity contribution >= 4 is 11.9 Å². The fourth-order valence-corrected chi connectivity index (χ4v) is 5.38. The second-order valence-electron chi connectivity index (χ2n) is 8.54. The fourth-order valence-electron chi connectivity index (χ4n) is 5.38. The number of fused-ring (bicyclic) bond motifs is 3. The van der Waals surface area contributed by atoms with E-state index in [1.807, 2.05) is 90.8 Å². The molecule has 1 fully saturated rings. The molecule has 2 aliphatic rings. The highest BCUT2D eigenvalue weighted by Crippen LogP contribution is 2.60. The molecule has 0 amide bonds. The first-order valence-electron chi connectivity index (χ1n) is 11.3. The molecule has 166 valence electrons. The van der Waals surface area contributed by atoms with Gasteiger partial charge in [-0.3, -0.25) is 4.79 Å². The van der Waals surface area contributed by atoms with Crippen molar-refractivity contribution in [2.45, 2.75) is 24.9 Å². The minimum Gasteiger partial charge on any atom is -0.494 e. The Hall–Kier alpha value is -4.35. The molecule has 0 aliphatic carbocycles. The molecule has 3 aromatic carbocycles. The standard InChI is InChI=1S/C29H23N3O2/c1-2-34-23-14-12-21(13-15-23)25-26(27(33)22-9-4-3-5-10-22)32-17-16-20-8-6-7-11-24(20)28(32)29(25,18-30)19-31/h3-17,25-26,28H,2H2,1H3/t25-,26+,28+/m1/s1. The molecule has 0 bridgehead atoms. The molecule has 0 unspecified atom stereocenters. The summed E-state index contributed by atoms with van der Waals surface area (Å²) >= 11 is 0. The van der Waals surface area contributed by atoms with E-state index >= 15 is 0 Å². The average Bonchev–Trinajstić information content (AvgIpc) is 3.20. The van der Waals surface area contributed by atoms with E-state index in [1.165, 1.54) is 0 Å². The van der Waals surface area contributed by atoms with Crippen LogP contribution in [0.15, 0.2) is 85.1 Å². The van der Waals surface area contributed by atoms with Gasteiger partial charge in [0, 0.05) is 17.7 Å². The summed E-state index contributed by atoms with van der Waals surface area (Å²) < 4.78 is 5.59. The molecule has 0 aromatic heterocycles. The van der Waals surface area contributed by atoms with Gasteiger partial charge in [-0.25, -0.2) is 0 Å². The smallest absolute Gasteiger partial charge is 0.185 e. The van der Waals surface area contributed by atoms with E-state index in [2.05, 4.69) is 12.1 Å². The predicted octanol–water partition coefficient (Wildman–Crippen LogP) is 5.50. The predicted molar refractivity (Wildman–Crippen MR) is 129 cm³/mol. The van der Waals surface area contributed by atoms with E-state index in [0.717, 1.165) is 16.7 Å². The monoisotopic (exact) mass is 445 g/mol. The SMILES string of the molecule is CCOc1ccc([C@@H]2[C@@H](C(=O)c3ccccc3)N3C=Cc4ccccc4[C@H]3C2(C#N)C#N)cc1. The van der Waals surface area contributed by atoms with Crippen molar-refractivity contribution in [3.05, 3.63) is 107 Å². The van der Waals surface area contributed by atoms with Crippen LogP contribution in [0, 0.1) is 28.1 Å². The first kappa shape index (κ1) is 21.5. The minimum atomic E-state index is -1.47. The number of hydrogen-bond acceptors (Lipinski definition) is 5. The molecular formula is C29H23N3O2. The van der Waals surface area contributed by atoms with Crippen molar-refractivity contribution in [3.63, 3.8) is 0 Å². The Morgan fingerprint density at radius 1 is 0.971 bits per heavy atom. The quantitative estimate of drug-likeness (QED) is 0.485. The number of Topliss-reactive ketones (excluding diaryl/α,β-unsaturated/α-hetero) is 1. The second kappa shape index (κ2) is 8.54. The number of nitriles is 2. The molecule has 3 atom stereocenters. The Labute approximate surface area is 199 Å². The van der Waals surface area contributed by atoms with Crippen LogP contribution < -0.4 is 4.74 Å². The normalized spacial score (nSPS) is 21.6. The molecule has 5 nitrogen and oxygen atoms in total. The molecule has 0 saturated carbocycles. The number of ether oxygens (including phenoxy) is 1. The molecule has 0 N–H and O–H groups in total. The Kier molecular flexibility index (Phi) is 5.40. The first-order valence-corrected chi connectivity index (χ1v) is 11.3. The summed E-state index contributed by atoms with van der Waals surface area (Å²) in [6, 6.07) is 27.7. The first-order chi connectivity index (χ1) is 16.6. The van der Waals surface area contributed by atoms with Crippen molar-refractivity contribution in [2.75, 3.05) is 6.61 Å². The highest BCUT2D eigenvalue weighted by Gasteiger charge is 2.63. The van der Waals surface area contributed by atoms with E-state index in [0.29, 0.717) is 17.9 Å². The van der Waals surface area contributed by atoms with Gasteiger partial charge in [-0.15, -0.1) is 0 Å². The molecule has 2 heterocycles. The molecule has 1 saturated heterocycles. The van der Waals surface area contributed by atoms with Crippen LogP contribution in [0.2, 0.25) is 0 Å². The van der Waals surface area contributed by atoms with Crippen LogP contribution in [0.1, 0.15) is 45.9 Å². The summed E-state index contributed by atoms with van der Waals surface area (Å²) in [5, 5.41) is 21.1. The lowest BCUT2D eigenvalue weighted by atomic mass is 9.67. The molecule has 5 heteroatoms. The molecule has 3 aromatic rings. The summed E-state index contributed by atoms with van der Waals surface area (Å²) in [5.74, 6) is -0.0646. The summed E-state index contributed by atoms with van der Waals surface area (Å²) in [4.78, 5) is 15.9. The molecular weight excluding hydrogens is 422 g/mol. The van der Waals surface area contributed by atoms with Crippen LogP contribution in [0.3, 0.4) is 0 Å². The number of ketones is 1. The highest BCUT2D eigenvalue weighted by molar-refractivity contribution is 6.01. The molecule has 2 aliphatic heterocycles. The van der Waals surface area contributed by atoms with Crippen LogP contribution in [0.25, 0.3) is 6.08 Å². The number of benzene rings is 3. The lowest BCUT2D eigenvalue weighted by Gasteiger charge is -2.34. The maximum absolute atomic E-state index is 14.0. The lowest BCUT2D eigenvalue weighted by molar-refractivity contribution is 0.0874. The molecule has 5 rings (SSSR count). The largest absolute Gasteiger partial charge is 0.494 e. The van der Waals surface area contributed by atoms with Gasteiger partial charge in [-0.1, -0.05) is 66.7 Å². The number of carbonyl (C=O) groups is 1. The maximum atomic E-state index is 14.0. The van der Waals surface area contributed by atoms with E-state index in [1.54, 1.807) is 12.1 Å². The van der Waals surface area contributed by atoms with Crippen molar-refractivity contribution < 1.29 is 9.53 Å². The van der Waals surface area contributed by atoms with Crippen molar-refractivity contribution in [1.82, 2.24) is 4.90 Å². The Morgan fingerprint density at radius 2 is 1.65 bits per heavy atom. The maximum Gasteiger partial charge on any atom is 0.185 e. The van der Waals surface area contributed by atoms with Crippen molar-refractivity contribution in [3.8, 4) is 17.9 Å². The Morgan fingerprint density at radius 3 is 2.32 bits per heavy atom. The zero-order valence-electron chi connectivity index (χ0n) is 18.8. The summed E-state index contributed by atoms with van der Waals surface area (Å²) in [7, 11) is 0. The van der Waals surface area contributed by atoms with Gasteiger partial charge in [-0.2, -0.15) is 10.5 Å².